The molecule has 2 nitrogen and oxygen atoms in total. The van der Waals surface area contributed by atoms with Gasteiger partial charge < -0.3 is 0 Å². The van der Waals surface area contributed by atoms with Gasteiger partial charge in [0.15, 0.2) is 11.6 Å². The Bertz CT molecular complexity index is 517. The van der Waals surface area contributed by atoms with Crippen molar-refractivity contribution >= 4 is 42.8 Å². The minimum Gasteiger partial charge on any atom is -0.294 e. The molecule has 1 aliphatic rings. The van der Waals surface area contributed by atoms with Crippen LogP contribution in [0.5, 0.6) is 0 Å². The van der Waals surface area contributed by atoms with E-state index in [9.17, 15) is 9.59 Å². The van der Waals surface area contributed by atoms with Gasteiger partial charge in [0.05, 0.1) is 4.86 Å². The first-order valence-corrected chi connectivity index (χ1v) is 7.81. The zero-order chi connectivity index (χ0) is 12.6. The van der Waals surface area contributed by atoms with Crippen LogP contribution < -0.4 is 0 Å². The molecule has 2 atom stereocenters. The third-order valence-corrected chi connectivity index (χ3v) is 5.91. The molecule has 0 aliphatic carbocycles. The van der Waals surface area contributed by atoms with Gasteiger partial charge in [0, 0.05) is 16.1 Å². The smallest absolute Gasteiger partial charge is 0.173 e. The molecule has 0 bridgehead atoms. The molecule has 0 saturated carbocycles. The molecule has 0 N–H and O–H groups in total. The second-order valence-corrected chi connectivity index (χ2v) is 7.12. The van der Waals surface area contributed by atoms with E-state index < -0.39 is 0 Å². The molecule has 0 aromatic heterocycles. The second kappa shape index (κ2) is 4.86. The highest BCUT2D eigenvalue weighted by molar-refractivity contribution is 9.10. The fourth-order valence-corrected chi connectivity index (χ4v) is 4.54. The van der Waals surface area contributed by atoms with Crippen molar-refractivity contribution in [2.24, 2.45) is 0 Å². The van der Waals surface area contributed by atoms with Crippen LogP contribution in [0.4, 0.5) is 0 Å². The van der Waals surface area contributed by atoms with E-state index in [4.69, 9.17) is 0 Å². The van der Waals surface area contributed by atoms with Crippen LogP contribution in [-0.2, 0) is 9.59 Å². The molecule has 4 heteroatoms. The maximum absolute atomic E-state index is 11.8. The van der Waals surface area contributed by atoms with E-state index in [0.29, 0.717) is 11.3 Å². The first-order valence-electron chi connectivity index (χ1n) is 5.32. The fourth-order valence-electron chi connectivity index (χ4n) is 2.13. The summed E-state index contributed by atoms with van der Waals surface area (Å²) in [5.41, 5.74) is 1.14. The Hall–Kier alpha value is -0.740. The largest absolute Gasteiger partial charge is 0.294 e. The number of carbonyl (C=O) groups excluding carboxylic acids is 2. The number of rotatable bonds is 2. The molecule has 0 saturated heterocycles. The number of Topliss-reactive ketones (excluding diaryl/α,β-unsaturated/α-hetero) is 2. The number of hydrogen-bond acceptors (Lipinski definition) is 2. The zero-order valence-electron chi connectivity index (χ0n) is 9.70. The summed E-state index contributed by atoms with van der Waals surface area (Å²) in [6, 6.07) is 7.99. The van der Waals surface area contributed by atoms with Crippen molar-refractivity contribution in [3.05, 3.63) is 34.3 Å². The second-order valence-electron chi connectivity index (χ2n) is 4.11. The van der Waals surface area contributed by atoms with E-state index in [0.717, 1.165) is 10.0 Å². The van der Waals surface area contributed by atoms with Crippen molar-refractivity contribution in [3.63, 3.8) is 0 Å². The quantitative estimate of drug-likeness (QED) is 0.786. The Labute approximate surface area is 111 Å². The summed E-state index contributed by atoms with van der Waals surface area (Å²) >= 11 is 3.39. The molecule has 0 radical (unpaired) electrons. The predicted molar refractivity (Wildman–Crippen MR) is 75.7 cm³/mol. The van der Waals surface area contributed by atoms with Gasteiger partial charge in [-0.25, -0.2) is 0 Å². The first-order chi connectivity index (χ1) is 8.00. The van der Waals surface area contributed by atoms with Gasteiger partial charge in [0.2, 0.25) is 0 Å². The Balaban J connectivity index is 2.40. The van der Waals surface area contributed by atoms with Crippen LogP contribution in [0, 0.1) is 0 Å². The normalized spacial score (nSPS) is 24.2. The van der Waals surface area contributed by atoms with E-state index in [1.165, 1.54) is 6.92 Å². The highest BCUT2D eigenvalue weighted by Gasteiger charge is 2.32. The molecule has 1 heterocycles. The number of ketones is 2. The number of halogens is 1. The molecule has 0 fully saturated rings. The highest BCUT2D eigenvalue weighted by atomic mass is 79.9. The lowest BCUT2D eigenvalue weighted by Crippen LogP contribution is -2.16. The van der Waals surface area contributed by atoms with Crippen LogP contribution in [0.1, 0.15) is 24.2 Å². The zero-order valence-corrected chi connectivity index (χ0v) is 12.1. The fraction of sp³-hybridized carbons (Fsp3) is 0.308. The summed E-state index contributed by atoms with van der Waals surface area (Å²) in [4.78, 5) is 23.8. The lowest BCUT2D eigenvalue weighted by molar-refractivity contribution is -0.115. The van der Waals surface area contributed by atoms with Crippen molar-refractivity contribution in [2.45, 2.75) is 18.6 Å². The summed E-state index contributed by atoms with van der Waals surface area (Å²) in [7, 11) is -0.264. The minimum atomic E-state index is -0.264. The Morgan fingerprint density at radius 2 is 1.94 bits per heavy atom. The van der Waals surface area contributed by atoms with Gasteiger partial charge in [-0.2, -0.15) is 10.5 Å². The van der Waals surface area contributed by atoms with Gasteiger partial charge in [0.1, 0.15) is 0 Å². The van der Waals surface area contributed by atoms with Crippen molar-refractivity contribution < 1.29 is 9.59 Å². The van der Waals surface area contributed by atoms with Crippen LogP contribution in [0.3, 0.4) is 0 Å². The van der Waals surface area contributed by atoms with E-state index in [1.54, 1.807) is 0 Å². The highest BCUT2D eigenvalue weighted by Crippen LogP contribution is 2.42. The lowest BCUT2D eigenvalue weighted by atomic mass is 10.1. The molecule has 0 spiro atoms. The summed E-state index contributed by atoms with van der Waals surface area (Å²) < 4.78 is 1.03. The predicted octanol–water partition coefficient (Wildman–Crippen LogP) is 3.12. The van der Waals surface area contributed by atoms with Crippen molar-refractivity contribution in [1.82, 2.24) is 0 Å². The molecule has 1 aromatic rings. The average Bonchev–Trinajstić information content (AvgIpc) is 2.55. The lowest BCUT2D eigenvalue weighted by Gasteiger charge is -2.12. The van der Waals surface area contributed by atoms with Crippen LogP contribution in [0.15, 0.2) is 28.7 Å². The van der Waals surface area contributed by atoms with Crippen LogP contribution in [0.25, 0.3) is 0 Å². The molecule has 0 amide bonds. The SMILES string of the molecule is CC(=O)C1=S(C)[C@@H](c2ccc(Br)cc2)CC1=O. The van der Waals surface area contributed by atoms with Gasteiger partial charge in [-0.15, -0.1) is 0 Å². The van der Waals surface area contributed by atoms with Gasteiger partial charge in [0.25, 0.3) is 0 Å². The maximum Gasteiger partial charge on any atom is 0.173 e. The van der Waals surface area contributed by atoms with E-state index >= 15 is 0 Å². The van der Waals surface area contributed by atoms with Gasteiger partial charge in [-0.1, -0.05) is 28.1 Å². The van der Waals surface area contributed by atoms with Gasteiger partial charge in [-0.3, -0.25) is 9.59 Å². The van der Waals surface area contributed by atoms with Gasteiger partial charge >= 0.3 is 0 Å². The monoisotopic (exact) mass is 312 g/mol. The minimum absolute atomic E-state index is 0.0243. The Kier molecular flexibility index (Phi) is 3.64. The average molecular weight is 313 g/mol. The molecular formula is C13H13BrO2S. The Morgan fingerprint density at radius 1 is 1.35 bits per heavy atom. The number of benzene rings is 1. The van der Waals surface area contributed by atoms with Crippen molar-refractivity contribution in [2.75, 3.05) is 6.26 Å². The van der Waals surface area contributed by atoms with Crippen LogP contribution >= 0.6 is 26.4 Å². The van der Waals surface area contributed by atoms with E-state index in [-0.39, 0.29) is 27.3 Å². The third kappa shape index (κ3) is 2.43. The molecule has 1 aromatic carbocycles. The molecule has 90 valence electrons. The topological polar surface area (TPSA) is 34.1 Å². The molecule has 2 rings (SSSR count). The van der Waals surface area contributed by atoms with E-state index in [2.05, 4.69) is 15.9 Å². The van der Waals surface area contributed by atoms with Crippen molar-refractivity contribution in [1.29, 1.82) is 0 Å². The van der Waals surface area contributed by atoms with Crippen LogP contribution in [0.2, 0.25) is 0 Å². The summed E-state index contributed by atoms with van der Waals surface area (Å²) in [6.45, 7) is 1.49. The van der Waals surface area contributed by atoms with E-state index in [1.807, 2.05) is 30.5 Å². The summed E-state index contributed by atoms with van der Waals surface area (Å²) in [6.07, 6.45) is 2.46. The summed E-state index contributed by atoms with van der Waals surface area (Å²) in [5, 5.41) is 0.175. The van der Waals surface area contributed by atoms with Crippen LogP contribution in [-0.4, -0.2) is 22.7 Å². The molecule has 17 heavy (non-hydrogen) atoms. The number of hydrogen-bond donors (Lipinski definition) is 0. The molecule has 1 aliphatic heterocycles. The number of carbonyl (C=O) groups is 2. The van der Waals surface area contributed by atoms with Crippen molar-refractivity contribution in [3.8, 4) is 0 Å². The molecule has 1 unspecified atom stereocenters. The summed E-state index contributed by atoms with van der Waals surface area (Å²) in [5.74, 6) is -0.0447. The molecular weight excluding hydrogens is 300 g/mol. The third-order valence-electron chi connectivity index (χ3n) is 2.93. The maximum atomic E-state index is 11.8. The Morgan fingerprint density at radius 3 is 2.41 bits per heavy atom. The van der Waals surface area contributed by atoms with Gasteiger partial charge in [-0.05, 0) is 30.9 Å². The first kappa shape index (κ1) is 12.7. The standard InChI is InChI=1S/C13H13BrO2S/c1-8(15)13-11(16)7-12(17(13)2)9-3-5-10(14)6-4-9/h3-6,12H,7H2,1-2H3/t12-,17?/m1/s1.